The lowest BCUT2D eigenvalue weighted by atomic mass is 9.78. The molecular formula is C18H21N3O. The number of hydrogen-bond acceptors (Lipinski definition) is 3. The van der Waals surface area contributed by atoms with Gasteiger partial charge in [-0.05, 0) is 42.7 Å². The number of allylic oxidation sites excluding steroid dienone is 2. The van der Waals surface area contributed by atoms with E-state index in [0.717, 1.165) is 41.4 Å². The van der Waals surface area contributed by atoms with E-state index in [1.807, 2.05) is 24.3 Å². The highest BCUT2D eigenvalue weighted by atomic mass is 16.1. The fourth-order valence-corrected chi connectivity index (χ4v) is 4.79. The van der Waals surface area contributed by atoms with Gasteiger partial charge < -0.3 is 0 Å². The van der Waals surface area contributed by atoms with Gasteiger partial charge in [-0.15, -0.1) is 10.2 Å². The predicted molar refractivity (Wildman–Crippen MR) is 86.0 cm³/mol. The summed E-state index contributed by atoms with van der Waals surface area (Å²) in [7, 11) is 0. The minimum Gasteiger partial charge on any atom is -0.298 e. The Morgan fingerprint density at radius 1 is 1.23 bits per heavy atom. The Morgan fingerprint density at radius 2 is 1.86 bits per heavy atom. The highest BCUT2D eigenvalue weighted by molar-refractivity contribution is 5.87. The fraction of sp³-hybridized carbons (Fsp3) is 0.500. The molecule has 4 atom stereocenters. The van der Waals surface area contributed by atoms with Crippen LogP contribution in [0.4, 0.5) is 0 Å². The summed E-state index contributed by atoms with van der Waals surface area (Å²) < 4.78 is 0. The highest BCUT2D eigenvalue weighted by Gasteiger charge is 2.55. The monoisotopic (exact) mass is 295 g/mol. The van der Waals surface area contributed by atoms with E-state index in [2.05, 4.69) is 31.0 Å². The summed E-state index contributed by atoms with van der Waals surface area (Å²) in [5.41, 5.74) is 3.67. The van der Waals surface area contributed by atoms with Crippen LogP contribution in [-0.2, 0) is 4.79 Å². The average Bonchev–Trinajstić information content (AvgIpc) is 3.09. The Kier molecular flexibility index (Phi) is 2.80. The van der Waals surface area contributed by atoms with Crippen LogP contribution in [0.15, 0.2) is 29.8 Å². The van der Waals surface area contributed by atoms with E-state index in [-0.39, 0.29) is 5.41 Å². The summed E-state index contributed by atoms with van der Waals surface area (Å²) in [4.78, 5) is 13.4. The van der Waals surface area contributed by atoms with Gasteiger partial charge in [-0.1, -0.05) is 32.9 Å². The molecule has 4 nitrogen and oxygen atoms in total. The largest absolute Gasteiger partial charge is 0.298 e. The smallest absolute Gasteiger partial charge is 0.147 e. The van der Waals surface area contributed by atoms with Crippen LogP contribution in [-0.4, -0.2) is 21.3 Å². The molecule has 0 aliphatic heterocycles. The van der Waals surface area contributed by atoms with E-state index in [4.69, 9.17) is 0 Å². The Bertz CT molecular complexity index is 757. The van der Waals surface area contributed by atoms with Crippen molar-refractivity contribution in [1.82, 2.24) is 15.0 Å². The number of fused-ring (bicyclic) bond motifs is 2. The highest BCUT2D eigenvalue weighted by Crippen LogP contribution is 2.61. The van der Waals surface area contributed by atoms with Crippen molar-refractivity contribution in [2.75, 3.05) is 0 Å². The van der Waals surface area contributed by atoms with Crippen LogP contribution < -0.4 is 0 Å². The molecule has 4 rings (SSSR count). The zero-order chi connectivity index (χ0) is 15.5. The molecule has 1 fully saturated rings. The molecule has 0 amide bonds. The Balaban J connectivity index is 1.89. The van der Waals surface area contributed by atoms with E-state index >= 15 is 0 Å². The first-order valence-electron chi connectivity index (χ1n) is 8.06. The van der Waals surface area contributed by atoms with Crippen molar-refractivity contribution in [1.29, 1.82) is 0 Å². The number of hydrogen-bond donors (Lipinski definition) is 0. The van der Waals surface area contributed by atoms with Gasteiger partial charge in [0.1, 0.15) is 17.3 Å². The van der Waals surface area contributed by atoms with Gasteiger partial charge in [0.25, 0.3) is 0 Å². The van der Waals surface area contributed by atoms with Gasteiger partial charge >= 0.3 is 0 Å². The summed E-state index contributed by atoms with van der Waals surface area (Å²) in [6, 6.07) is 7.87. The van der Waals surface area contributed by atoms with Crippen molar-refractivity contribution in [3.8, 4) is 0 Å². The second-order valence-corrected chi connectivity index (χ2v) is 7.24. The minimum absolute atomic E-state index is 0.00409. The maximum Gasteiger partial charge on any atom is 0.147 e. The quantitative estimate of drug-likeness (QED) is 0.796. The van der Waals surface area contributed by atoms with E-state index in [9.17, 15) is 4.79 Å². The summed E-state index contributed by atoms with van der Waals surface area (Å²) in [6.45, 7) is 6.93. The van der Waals surface area contributed by atoms with Crippen molar-refractivity contribution in [3.05, 3.63) is 29.8 Å². The summed E-state index contributed by atoms with van der Waals surface area (Å²) in [5, 5.41) is 9.27. The number of carbonyl (C=O) groups excluding carboxylic acids is 1. The normalized spacial score (nSPS) is 34.4. The zero-order valence-electron chi connectivity index (χ0n) is 13.3. The molecule has 1 saturated carbocycles. The fourth-order valence-electron chi connectivity index (χ4n) is 4.79. The molecule has 4 heteroatoms. The third-order valence-electron chi connectivity index (χ3n) is 6.01. The molecular weight excluding hydrogens is 274 g/mol. The van der Waals surface area contributed by atoms with Crippen molar-refractivity contribution < 1.29 is 4.79 Å². The molecule has 0 N–H and O–H groups in total. The van der Waals surface area contributed by atoms with Crippen LogP contribution in [0.5, 0.6) is 0 Å². The summed E-state index contributed by atoms with van der Waals surface area (Å²) in [6.07, 6.45) is 2.98. The van der Waals surface area contributed by atoms with Crippen molar-refractivity contribution in [2.45, 2.75) is 33.6 Å². The third-order valence-corrected chi connectivity index (χ3v) is 6.01. The van der Waals surface area contributed by atoms with Crippen LogP contribution in [0.25, 0.3) is 16.7 Å². The first-order chi connectivity index (χ1) is 10.5. The van der Waals surface area contributed by atoms with Gasteiger partial charge in [-0.3, -0.25) is 4.79 Å². The molecule has 0 saturated heterocycles. The molecule has 22 heavy (non-hydrogen) atoms. The average molecular weight is 295 g/mol. The summed E-state index contributed by atoms with van der Waals surface area (Å²) >= 11 is 0. The van der Waals surface area contributed by atoms with Gasteiger partial charge in [-0.25, -0.2) is 0 Å². The van der Waals surface area contributed by atoms with Gasteiger partial charge in [0.2, 0.25) is 0 Å². The molecule has 114 valence electrons. The Labute approximate surface area is 130 Å². The van der Waals surface area contributed by atoms with E-state index in [1.54, 1.807) is 4.80 Å². The van der Waals surface area contributed by atoms with E-state index < -0.39 is 0 Å². The molecule has 2 aliphatic rings. The topological polar surface area (TPSA) is 47.8 Å². The predicted octanol–water partition coefficient (Wildman–Crippen LogP) is 3.54. The second kappa shape index (κ2) is 4.51. The molecule has 1 heterocycles. The number of aromatic nitrogens is 3. The van der Waals surface area contributed by atoms with E-state index in [1.165, 1.54) is 0 Å². The molecule has 0 spiro atoms. The first-order valence-corrected chi connectivity index (χ1v) is 8.06. The van der Waals surface area contributed by atoms with Gasteiger partial charge in [0.15, 0.2) is 0 Å². The number of rotatable bonds is 2. The third kappa shape index (κ3) is 1.67. The van der Waals surface area contributed by atoms with Gasteiger partial charge in [0.05, 0.1) is 5.70 Å². The van der Waals surface area contributed by atoms with Crippen molar-refractivity contribution >= 4 is 23.0 Å². The maximum atomic E-state index is 11.6. The lowest BCUT2D eigenvalue weighted by Crippen LogP contribution is -2.24. The zero-order valence-corrected chi connectivity index (χ0v) is 13.3. The summed E-state index contributed by atoms with van der Waals surface area (Å²) in [5.74, 6) is 1.82. The SMILES string of the molecule is CC1C[C@]2(C)C(n3nc4ccccc4n3)=C(C=O)CC2C1C. The van der Waals surface area contributed by atoms with Gasteiger partial charge in [0, 0.05) is 11.0 Å². The second-order valence-electron chi connectivity index (χ2n) is 7.24. The van der Waals surface area contributed by atoms with E-state index in [0.29, 0.717) is 17.8 Å². The molecule has 1 aromatic heterocycles. The Morgan fingerprint density at radius 3 is 2.45 bits per heavy atom. The maximum absolute atomic E-state index is 11.6. The first kappa shape index (κ1) is 13.7. The lowest BCUT2D eigenvalue weighted by Gasteiger charge is -2.28. The van der Waals surface area contributed by atoms with Gasteiger partial charge in [-0.2, -0.15) is 4.80 Å². The standard InChI is InChI=1S/C18H21N3O/c1-11-9-18(3)14(12(11)2)8-13(10-22)17(18)21-19-15-6-4-5-7-16(15)20-21/h4-7,10-12,14H,8-9H2,1-3H3/t11?,12?,14?,18-/m0/s1. The number of aldehydes is 1. The van der Waals surface area contributed by atoms with Crippen LogP contribution >= 0.6 is 0 Å². The molecule has 1 aromatic carbocycles. The van der Waals surface area contributed by atoms with Crippen LogP contribution in [0.2, 0.25) is 0 Å². The number of nitrogens with zero attached hydrogens (tertiary/aromatic N) is 3. The molecule has 0 bridgehead atoms. The van der Waals surface area contributed by atoms with Crippen molar-refractivity contribution in [2.24, 2.45) is 23.2 Å². The minimum atomic E-state index is 0.00409. The number of benzene rings is 1. The molecule has 0 radical (unpaired) electrons. The molecule has 3 unspecified atom stereocenters. The molecule has 2 aromatic rings. The van der Waals surface area contributed by atoms with Crippen molar-refractivity contribution in [3.63, 3.8) is 0 Å². The lowest BCUT2D eigenvalue weighted by molar-refractivity contribution is -0.105. The Hall–Kier alpha value is -1.97. The number of carbonyl (C=O) groups is 1. The van der Waals surface area contributed by atoms with Crippen LogP contribution in [0, 0.1) is 23.2 Å². The van der Waals surface area contributed by atoms with Crippen LogP contribution in [0.3, 0.4) is 0 Å². The van der Waals surface area contributed by atoms with Crippen LogP contribution in [0.1, 0.15) is 33.6 Å². The molecule has 2 aliphatic carbocycles.